The van der Waals surface area contributed by atoms with E-state index >= 15 is 0 Å². The molecule has 5 heteroatoms. The molecule has 4 N–H and O–H groups in total. The molecule has 1 fully saturated rings. The summed E-state index contributed by atoms with van der Waals surface area (Å²) in [5.41, 5.74) is 13.3. The molecule has 1 atom stereocenters. The summed E-state index contributed by atoms with van der Waals surface area (Å²) in [5.74, 6) is 0.492. The van der Waals surface area contributed by atoms with E-state index in [0.29, 0.717) is 6.54 Å². The Labute approximate surface area is 113 Å². The zero-order valence-corrected chi connectivity index (χ0v) is 11.3. The molecule has 1 heterocycles. The largest absolute Gasteiger partial charge is 0.497 e. The Balaban J connectivity index is 2.39. The Kier molecular flexibility index (Phi) is 4.27. The van der Waals surface area contributed by atoms with E-state index in [4.69, 9.17) is 16.2 Å². The van der Waals surface area contributed by atoms with E-state index in [2.05, 4.69) is 4.90 Å². The molecule has 5 nitrogen and oxygen atoms in total. The van der Waals surface area contributed by atoms with Crippen molar-refractivity contribution in [3.05, 3.63) is 23.8 Å². The number of hydrogen-bond donors (Lipinski definition) is 2. The van der Waals surface area contributed by atoms with Crippen LogP contribution in [-0.2, 0) is 11.3 Å². The second kappa shape index (κ2) is 5.93. The fourth-order valence-corrected chi connectivity index (χ4v) is 2.63. The molecule has 1 saturated heterocycles. The van der Waals surface area contributed by atoms with Crippen LogP contribution >= 0.6 is 0 Å². The van der Waals surface area contributed by atoms with Crippen molar-refractivity contribution < 1.29 is 9.53 Å². The van der Waals surface area contributed by atoms with Crippen molar-refractivity contribution in [2.24, 2.45) is 11.5 Å². The highest BCUT2D eigenvalue weighted by Crippen LogP contribution is 2.31. The first-order valence-electron chi connectivity index (χ1n) is 6.60. The summed E-state index contributed by atoms with van der Waals surface area (Å²) in [7, 11) is 1.63. The fourth-order valence-electron chi connectivity index (χ4n) is 2.63. The van der Waals surface area contributed by atoms with Gasteiger partial charge in [-0.3, -0.25) is 4.79 Å². The predicted octanol–water partition coefficient (Wildman–Crippen LogP) is 0.998. The van der Waals surface area contributed by atoms with Gasteiger partial charge in [-0.25, -0.2) is 0 Å². The second-order valence-corrected chi connectivity index (χ2v) is 4.81. The Hall–Kier alpha value is -1.75. The van der Waals surface area contributed by atoms with Gasteiger partial charge in [0.05, 0.1) is 7.11 Å². The normalized spacial score (nSPS) is 19.3. The minimum absolute atomic E-state index is 0.244. The molecule has 1 amide bonds. The lowest BCUT2D eigenvalue weighted by Crippen LogP contribution is -2.48. The molecule has 2 rings (SSSR count). The maximum Gasteiger partial charge on any atom is 0.240 e. The van der Waals surface area contributed by atoms with Crippen molar-refractivity contribution in [3.63, 3.8) is 0 Å². The maximum absolute atomic E-state index is 11.6. The molecule has 0 aromatic heterocycles. The van der Waals surface area contributed by atoms with Gasteiger partial charge < -0.3 is 21.1 Å². The monoisotopic (exact) mass is 263 g/mol. The summed E-state index contributed by atoms with van der Waals surface area (Å²) in [6.07, 6.45) is 2.90. The Morgan fingerprint density at radius 1 is 1.47 bits per heavy atom. The van der Waals surface area contributed by atoms with Gasteiger partial charge in [-0.05, 0) is 30.9 Å². The first-order chi connectivity index (χ1) is 9.17. The van der Waals surface area contributed by atoms with E-state index < -0.39 is 0 Å². The van der Waals surface area contributed by atoms with Gasteiger partial charge in [-0.1, -0.05) is 6.07 Å². The molecule has 0 aliphatic carbocycles. The number of carbonyl (C=O) groups excluding carboxylic acids is 1. The number of benzene rings is 1. The van der Waals surface area contributed by atoms with E-state index in [0.717, 1.165) is 42.8 Å². The standard InChI is InChI=1S/C14H21N3O2/c1-19-11-6-5-10(9-15)13(8-11)17-7-3-2-4-12(17)14(16)18/h5-6,8,12H,2-4,7,9,15H2,1H3,(H2,16,18). The van der Waals surface area contributed by atoms with E-state index in [9.17, 15) is 4.79 Å². The van der Waals surface area contributed by atoms with Crippen LogP contribution in [0.15, 0.2) is 18.2 Å². The van der Waals surface area contributed by atoms with Crippen LogP contribution in [0.5, 0.6) is 5.75 Å². The highest BCUT2D eigenvalue weighted by atomic mass is 16.5. The van der Waals surface area contributed by atoms with Crippen LogP contribution in [0.1, 0.15) is 24.8 Å². The zero-order valence-electron chi connectivity index (χ0n) is 11.3. The van der Waals surface area contributed by atoms with Crippen LogP contribution in [-0.4, -0.2) is 25.6 Å². The molecule has 19 heavy (non-hydrogen) atoms. The van der Waals surface area contributed by atoms with E-state index in [1.165, 1.54) is 0 Å². The highest BCUT2D eigenvalue weighted by molar-refractivity contribution is 5.84. The minimum Gasteiger partial charge on any atom is -0.497 e. The van der Waals surface area contributed by atoms with E-state index in [1.54, 1.807) is 7.11 Å². The topological polar surface area (TPSA) is 81.6 Å². The van der Waals surface area contributed by atoms with Crippen molar-refractivity contribution in [2.45, 2.75) is 31.8 Å². The summed E-state index contributed by atoms with van der Waals surface area (Å²) in [4.78, 5) is 13.7. The number of amides is 1. The zero-order chi connectivity index (χ0) is 13.8. The smallest absolute Gasteiger partial charge is 0.240 e. The van der Waals surface area contributed by atoms with Gasteiger partial charge >= 0.3 is 0 Å². The molecule has 0 radical (unpaired) electrons. The molecule has 104 valence electrons. The van der Waals surface area contributed by atoms with E-state index in [1.807, 2.05) is 18.2 Å². The van der Waals surface area contributed by atoms with E-state index in [-0.39, 0.29) is 11.9 Å². The van der Waals surface area contributed by atoms with Gasteiger partial charge in [-0.2, -0.15) is 0 Å². The summed E-state index contributed by atoms with van der Waals surface area (Å²) in [6.45, 7) is 1.26. The van der Waals surface area contributed by atoms with Crippen molar-refractivity contribution in [1.29, 1.82) is 0 Å². The van der Waals surface area contributed by atoms with Gasteiger partial charge in [0, 0.05) is 24.8 Å². The number of ether oxygens (including phenoxy) is 1. The lowest BCUT2D eigenvalue weighted by molar-refractivity contribution is -0.119. The number of hydrogen-bond acceptors (Lipinski definition) is 4. The first kappa shape index (κ1) is 13.7. The summed E-state index contributed by atoms with van der Waals surface area (Å²) >= 11 is 0. The average Bonchev–Trinajstić information content (AvgIpc) is 2.46. The van der Waals surface area contributed by atoms with Crippen LogP contribution in [0.4, 0.5) is 5.69 Å². The lowest BCUT2D eigenvalue weighted by Gasteiger charge is -2.36. The molecule has 0 spiro atoms. The summed E-state index contributed by atoms with van der Waals surface area (Å²) in [6, 6.07) is 5.52. The molecular formula is C14H21N3O2. The van der Waals surface area contributed by atoms with Crippen molar-refractivity contribution in [2.75, 3.05) is 18.6 Å². The summed E-state index contributed by atoms with van der Waals surface area (Å²) < 4.78 is 5.26. The van der Waals surface area contributed by atoms with Crippen LogP contribution in [0.25, 0.3) is 0 Å². The van der Waals surface area contributed by atoms with Crippen LogP contribution in [0.2, 0.25) is 0 Å². The highest BCUT2D eigenvalue weighted by Gasteiger charge is 2.28. The summed E-state index contributed by atoms with van der Waals surface area (Å²) in [5, 5.41) is 0. The Bertz CT molecular complexity index is 462. The molecular weight excluding hydrogens is 242 g/mol. The van der Waals surface area contributed by atoms with Gasteiger partial charge in [0.15, 0.2) is 0 Å². The fraction of sp³-hybridized carbons (Fsp3) is 0.500. The van der Waals surface area contributed by atoms with Crippen LogP contribution in [0.3, 0.4) is 0 Å². The number of anilines is 1. The number of nitrogens with zero attached hydrogens (tertiary/aromatic N) is 1. The third-order valence-corrected chi connectivity index (χ3v) is 3.65. The second-order valence-electron chi connectivity index (χ2n) is 4.81. The van der Waals surface area contributed by atoms with Gasteiger partial charge in [0.2, 0.25) is 5.91 Å². The van der Waals surface area contributed by atoms with Gasteiger partial charge in [0.25, 0.3) is 0 Å². The molecule has 1 aliphatic heterocycles. The average molecular weight is 263 g/mol. The minimum atomic E-state index is -0.273. The third-order valence-electron chi connectivity index (χ3n) is 3.65. The molecule has 0 bridgehead atoms. The number of nitrogens with two attached hydrogens (primary N) is 2. The van der Waals surface area contributed by atoms with Gasteiger partial charge in [0.1, 0.15) is 11.8 Å². The molecule has 1 aromatic carbocycles. The number of carbonyl (C=O) groups is 1. The number of methoxy groups -OCH3 is 1. The third kappa shape index (κ3) is 2.81. The lowest BCUT2D eigenvalue weighted by atomic mass is 9.99. The molecule has 0 saturated carbocycles. The maximum atomic E-state index is 11.6. The Morgan fingerprint density at radius 2 is 2.26 bits per heavy atom. The molecule has 1 aromatic rings. The number of primary amides is 1. The van der Waals surface area contributed by atoms with Crippen molar-refractivity contribution in [1.82, 2.24) is 0 Å². The number of rotatable bonds is 4. The van der Waals surface area contributed by atoms with Crippen LogP contribution in [0, 0.1) is 0 Å². The van der Waals surface area contributed by atoms with Crippen LogP contribution < -0.4 is 21.1 Å². The predicted molar refractivity (Wildman–Crippen MR) is 75.1 cm³/mol. The van der Waals surface area contributed by atoms with Crippen molar-refractivity contribution in [3.8, 4) is 5.75 Å². The quantitative estimate of drug-likeness (QED) is 0.849. The molecule has 1 unspecified atom stereocenters. The van der Waals surface area contributed by atoms with Crippen molar-refractivity contribution >= 4 is 11.6 Å². The Morgan fingerprint density at radius 3 is 2.89 bits per heavy atom. The molecule has 1 aliphatic rings. The van der Waals surface area contributed by atoms with Gasteiger partial charge in [-0.15, -0.1) is 0 Å². The number of piperidine rings is 1. The first-order valence-corrected chi connectivity index (χ1v) is 6.60. The SMILES string of the molecule is COc1ccc(CN)c(N2CCCCC2C(N)=O)c1.